The molecule has 31 heavy (non-hydrogen) atoms. The Labute approximate surface area is 185 Å². The van der Waals surface area contributed by atoms with Gasteiger partial charge >= 0.3 is 0 Å². The minimum atomic E-state index is -0.449. The molecule has 2 saturated carbocycles. The maximum Gasteiger partial charge on any atom is 0.220 e. The third-order valence-corrected chi connectivity index (χ3v) is 8.27. The summed E-state index contributed by atoms with van der Waals surface area (Å²) in [5.41, 5.74) is 0.850. The Morgan fingerprint density at radius 1 is 1.19 bits per heavy atom. The van der Waals surface area contributed by atoms with E-state index in [0.717, 1.165) is 31.2 Å². The van der Waals surface area contributed by atoms with Crippen LogP contribution >= 0.6 is 0 Å². The molecule has 1 amide bonds. The van der Waals surface area contributed by atoms with Crippen molar-refractivity contribution in [3.8, 4) is 0 Å². The predicted molar refractivity (Wildman–Crippen MR) is 117 cm³/mol. The van der Waals surface area contributed by atoms with E-state index in [1.165, 1.54) is 0 Å². The number of benzene rings is 1. The monoisotopic (exact) mass is 431 g/mol. The zero-order valence-electron chi connectivity index (χ0n) is 19.0. The van der Waals surface area contributed by atoms with Gasteiger partial charge in [-0.1, -0.05) is 44.2 Å². The van der Waals surface area contributed by atoms with Crippen molar-refractivity contribution in [3.05, 3.63) is 35.9 Å². The maximum atomic E-state index is 12.8. The Morgan fingerprint density at radius 3 is 2.71 bits per heavy atom. The van der Waals surface area contributed by atoms with Gasteiger partial charge in [-0.25, -0.2) is 0 Å². The molecule has 0 bridgehead atoms. The molecule has 2 N–H and O–H groups in total. The van der Waals surface area contributed by atoms with Crippen LogP contribution in [-0.4, -0.2) is 49.8 Å². The first kappa shape index (κ1) is 22.7. The first-order chi connectivity index (χ1) is 14.9. The first-order valence-electron chi connectivity index (χ1n) is 11.6. The smallest absolute Gasteiger partial charge is 0.220 e. The van der Waals surface area contributed by atoms with Gasteiger partial charge in [-0.2, -0.15) is 0 Å². The Bertz CT molecular complexity index is 758. The number of methoxy groups -OCH3 is 1. The summed E-state index contributed by atoms with van der Waals surface area (Å²) in [5, 5.41) is 14.0. The second-order valence-electron chi connectivity index (χ2n) is 10.1. The molecular weight excluding hydrogens is 394 g/mol. The second-order valence-corrected chi connectivity index (χ2v) is 10.1. The van der Waals surface area contributed by atoms with E-state index >= 15 is 0 Å². The van der Waals surface area contributed by atoms with E-state index in [2.05, 4.69) is 19.2 Å². The number of nitrogens with one attached hydrogen (secondary N) is 1. The third-order valence-electron chi connectivity index (χ3n) is 8.27. The van der Waals surface area contributed by atoms with Crippen LogP contribution in [0.4, 0.5) is 0 Å². The Kier molecular flexibility index (Phi) is 6.73. The number of carbonyl (C=O) groups is 1. The van der Waals surface area contributed by atoms with Gasteiger partial charge in [0.25, 0.3) is 0 Å². The van der Waals surface area contributed by atoms with Crippen molar-refractivity contribution in [1.29, 1.82) is 0 Å². The number of fused-ring (bicyclic) bond motifs is 3. The molecule has 1 aromatic carbocycles. The first-order valence-corrected chi connectivity index (χ1v) is 11.6. The van der Waals surface area contributed by atoms with E-state index in [1.807, 2.05) is 30.3 Å². The van der Waals surface area contributed by atoms with Crippen LogP contribution in [0.2, 0.25) is 0 Å². The van der Waals surface area contributed by atoms with Gasteiger partial charge in [0.1, 0.15) is 0 Å². The van der Waals surface area contributed by atoms with E-state index < -0.39 is 6.10 Å². The summed E-state index contributed by atoms with van der Waals surface area (Å²) in [6.45, 7) is 6.14. The van der Waals surface area contributed by atoms with Crippen molar-refractivity contribution in [3.63, 3.8) is 0 Å². The molecule has 3 fully saturated rings. The van der Waals surface area contributed by atoms with E-state index in [-0.39, 0.29) is 35.0 Å². The van der Waals surface area contributed by atoms with Gasteiger partial charge in [0.05, 0.1) is 25.4 Å². The lowest BCUT2D eigenvalue weighted by molar-refractivity contribution is -0.315. The molecule has 1 unspecified atom stereocenters. The van der Waals surface area contributed by atoms with Crippen molar-refractivity contribution in [1.82, 2.24) is 5.32 Å². The molecule has 1 aromatic rings. The van der Waals surface area contributed by atoms with Gasteiger partial charge < -0.3 is 24.6 Å². The number of aliphatic hydroxyl groups is 1. The van der Waals surface area contributed by atoms with Crippen LogP contribution in [0.15, 0.2) is 30.3 Å². The molecule has 1 aliphatic heterocycles. The lowest BCUT2D eigenvalue weighted by Gasteiger charge is -2.62. The van der Waals surface area contributed by atoms with Crippen LogP contribution in [-0.2, 0) is 25.5 Å². The SMILES string of the molecule is COC[C@@H]1OC[C@@]2(C)C3CC[C@@H](O)[C@@H](CC(=O)NCc4ccccc4)[C@]3(C)CC[C@H]2O1. The van der Waals surface area contributed by atoms with E-state index in [0.29, 0.717) is 32.1 Å². The van der Waals surface area contributed by atoms with Crippen molar-refractivity contribution in [2.75, 3.05) is 20.3 Å². The third kappa shape index (κ3) is 4.40. The fraction of sp³-hybridized carbons (Fsp3) is 0.720. The predicted octanol–water partition coefficient (Wildman–Crippen LogP) is 3.27. The molecule has 6 heteroatoms. The van der Waals surface area contributed by atoms with E-state index in [1.54, 1.807) is 7.11 Å². The summed E-state index contributed by atoms with van der Waals surface area (Å²) in [4.78, 5) is 12.8. The molecule has 0 spiro atoms. The molecular formula is C25H37NO5. The standard InChI is InChI=1S/C25H37NO5/c1-24-12-11-21-25(2,16-30-23(31-21)15-29-3)20(24)10-9-19(27)18(24)13-22(28)26-14-17-7-5-4-6-8-17/h4-8,18-21,23,27H,9-16H2,1-3H3,(H,26,28)/t18-,19-,20?,21-,23-,24+,25+/m1/s1. The topological polar surface area (TPSA) is 77.0 Å². The number of aliphatic hydroxyl groups excluding tert-OH is 1. The van der Waals surface area contributed by atoms with Crippen molar-refractivity contribution in [2.45, 2.75) is 71.0 Å². The second kappa shape index (κ2) is 9.18. The van der Waals surface area contributed by atoms with Gasteiger partial charge in [-0.15, -0.1) is 0 Å². The van der Waals surface area contributed by atoms with Crippen LogP contribution in [0.25, 0.3) is 0 Å². The number of rotatable bonds is 6. The molecule has 0 aromatic heterocycles. The van der Waals surface area contributed by atoms with E-state index in [9.17, 15) is 9.90 Å². The number of hydrogen-bond acceptors (Lipinski definition) is 5. The average Bonchev–Trinajstić information content (AvgIpc) is 2.76. The van der Waals surface area contributed by atoms with Crippen molar-refractivity contribution in [2.24, 2.45) is 22.7 Å². The zero-order valence-corrected chi connectivity index (χ0v) is 19.0. The Hall–Kier alpha value is -1.47. The van der Waals surface area contributed by atoms with Gasteiger partial charge in [0, 0.05) is 25.5 Å². The summed E-state index contributed by atoms with van der Waals surface area (Å²) < 4.78 is 17.5. The molecule has 2 aliphatic carbocycles. The summed E-state index contributed by atoms with van der Waals surface area (Å²) >= 11 is 0. The summed E-state index contributed by atoms with van der Waals surface area (Å²) in [7, 11) is 1.66. The van der Waals surface area contributed by atoms with E-state index in [4.69, 9.17) is 14.2 Å². The maximum absolute atomic E-state index is 12.8. The number of hydrogen-bond donors (Lipinski definition) is 2. The van der Waals surface area contributed by atoms with Crippen LogP contribution < -0.4 is 5.32 Å². The van der Waals surface area contributed by atoms with Gasteiger partial charge in [0.2, 0.25) is 5.91 Å². The summed E-state index contributed by atoms with van der Waals surface area (Å²) in [6.07, 6.45) is 3.26. The fourth-order valence-corrected chi connectivity index (χ4v) is 6.58. The number of carbonyl (C=O) groups excluding carboxylic acids is 1. The highest BCUT2D eigenvalue weighted by atomic mass is 16.7. The Morgan fingerprint density at radius 2 is 1.97 bits per heavy atom. The average molecular weight is 432 g/mol. The summed E-state index contributed by atoms with van der Waals surface area (Å²) in [5.74, 6) is 0.299. The van der Waals surface area contributed by atoms with Gasteiger partial charge in [-0.3, -0.25) is 4.79 Å². The number of amides is 1. The molecule has 1 heterocycles. The normalized spacial score (nSPS) is 39.9. The fourth-order valence-electron chi connectivity index (χ4n) is 6.58. The quantitative estimate of drug-likeness (QED) is 0.723. The zero-order chi connectivity index (χ0) is 22.1. The van der Waals surface area contributed by atoms with Gasteiger partial charge in [-0.05, 0) is 48.5 Å². The van der Waals surface area contributed by atoms with Crippen LogP contribution in [0.5, 0.6) is 0 Å². The highest BCUT2D eigenvalue weighted by Crippen LogP contribution is 2.62. The molecule has 3 aliphatic rings. The van der Waals surface area contributed by atoms with Crippen LogP contribution in [0.3, 0.4) is 0 Å². The molecule has 0 radical (unpaired) electrons. The Balaban J connectivity index is 1.45. The minimum Gasteiger partial charge on any atom is -0.393 e. The van der Waals surface area contributed by atoms with Crippen molar-refractivity contribution >= 4 is 5.91 Å². The largest absolute Gasteiger partial charge is 0.393 e. The highest BCUT2D eigenvalue weighted by molar-refractivity contribution is 5.76. The highest BCUT2D eigenvalue weighted by Gasteiger charge is 2.61. The van der Waals surface area contributed by atoms with Crippen LogP contribution in [0.1, 0.15) is 51.5 Å². The molecule has 4 rings (SSSR count). The number of ether oxygens (including phenoxy) is 3. The van der Waals surface area contributed by atoms with Crippen LogP contribution in [0, 0.1) is 22.7 Å². The lowest BCUT2D eigenvalue weighted by Crippen LogP contribution is -2.63. The summed E-state index contributed by atoms with van der Waals surface area (Å²) in [6, 6.07) is 9.94. The molecule has 6 nitrogen and oxygen atoms in total. The lowest BCUT2D eigenvalue weighted by atomic mass is 9.46. The molecule has 1 saturated heterocycles. The van der Waals surface area contributed by atoms with Gasteiger partial charge in [0.15, 0.2) is 6.29 Å². The minimum absolute atomic E-state index is 0.0124. The molecule has 172 valence electrons. The molecule has 7 atom stereocenters. The van der Waals surface area contributed by atoms with Crippen molar-refractivity contribution < 1.29 is 24.1 Å².